The van der Waals surface area contributed by atoms with Crippen molar-refractivity contribution < 1.29 is 4.79 Å². The molecule has 0 aliphatic heterocycles. The number of carbonyl (C=O) groups excluding carboxylic acids is 1. The highest BCUT2D eigenvalue weighted by Gasteiger charge is 2.15. The molecule has 124 valence electrons. The number of carbonyl (C=O) groups is 1. The Morgan fingerprint density at radius 2 is 2.12 bits per heavy atom. The minimum Gasteiger partial charge on any atom is -0.372 e. The SMILES string of the molecule is CCc1nn(CC(=O)Nc2ccncn2)c(=O)c2cc(NC)nn12. The number of fused-ring (bicyclic) bond motifs is 1. The molecule has 10 heteroatoms. The molecule has 0 saturated carbocycles. The van der Waals surface area contributed by atoms with E-state index in [1.54, 1.807) is 19.2 Å². The zero-order valence-corrected chi connectivity index (χ0v) is 13.2. The first-order chi connectivity index (χ1) is 11.6. The largest absolute Gasteiger partial charge is 0.372 e. The van der Waals surface area contributed by atoms with Crippen LogP contribution in [0.4, 0.5) is 11.6 Å². The summed E-state index contributed by atoms with van der Waals surface area (Å²) in [5, 5.41) is 14.0. The van der Waals surface area contributed by atoms with Gasteiger partial charge in [0.15, 0.2) is 5.82 Å². The van der Waals surface area contributed by atoms with Crippen molar-refractivity contribution >= 4 is 23.1 Å². The van der Waals surface area contributed by atoms with Gasteiger partial charge in [-0.2, -0.15) is 5.10 Å². The fourth-order valence-electron chi connectivity index (χ4n) is 2.22. The van der Waals surface area contributed by atoms with Crippen LogP contribution in [0.3, 0.4) is 0 Å². The van der Waals surface area contributed by atoms with Crippen LogP contribution in [-0.2, 0) is 17.8 Å². The number of nitrogens with one attached hydrogen (secondary N) is 2. The molecule has 0 radical (unpaired) electrons. The molecule has 2 N–H and O–H groups in total. The predicted molar refractivity (Wildman–Crippen MR) is 86.8 cm³/mol. The smallest absolute Gasteiger partial charge is 0.293 e. The van der Waals surface area contributed by atoms with Crippen molar-refractivity contribution in [1.82, 2.24) is 29.4 Å². The highest BCUT2D eigenvalue weighted by atomic mass is 16.2. The molecule has 0 fully saturated rings. The van der Waals surface area contributed by atoms with Crippen molar-refractivity contribution in [2.24, 2.45) is 0 Å². The van der Waals surface area contributed by atoms with Crippen molar-refractivity contribution in [2.75, 3.05) is 17.7 Å². The molecule has 10 nitrogen and oxygen atoms in total. The third-order valence-corrected chi connectivity index (χ3v) is 3.36. The molecular formula is C14H16N8O2. The quantitative estimate of drug-likeness (QED) is 0.672. The average Bonchev–Trinajstić information content (AvgIpc) is 3.03. The van der Waals surface area contributed by atoms with Gasteiger partial charge < -0.3 is 10.6 Å². The lowest BCUT2D eigenvalue weighted by molar-refractivity contribution is -0.117. The zero-order valence-electron chi connectivity index (χ0n) is 13.2. The number of anilines is 2. The molecule has 3 aromatic heterocycles. The Bertz CT molecular complexity index is 931. The Balaban J connectivity index is 1.93. The van der Waals surface area contributed by atoms with Gasteiger partial charge in [0.25, 0.3) is 5.56 Å². The molecule has 0 spiro atoms. The third-order valence-electron chi connectivity index (χ3n) is 3.36. The van der Waals surface area contributed by atoms with Crippen molar-refractivity contribution in [3.05, 3.63) is 40.8 Å². The number of rotatable bonds is 5. The predicted octanol–water partition coefficient (Wildman–Crippen LogP) is -0.0762. The van der Waals surface area contributed by atoms with Gasteiger partial charge in [-0.15, -0.1) is 5.10 Å². The minimum atomic E-state index is -0.400. The van der Waals surface area contributed by atoms with Gasteiger partial charge in [0.1, 0.15) is 30.0 Å². The van der Waals surface area contributed by atoms with Crippen molar-refractivity contribution in [2.45, 2.75) is 19.9 Å². The van der Waals surface area contributed by atoms with Crippen LogP contribution in [-0.4, -0.2) is 42.3 Å². The summed E-state index contributed by atoms with van der Waals surface area (Å²) >= 11 is 0. The van der Waals surface area contributed by atoms with E-state index in [1.165, 1.54) is 17.0 Å². The summed E-state index contributed by atoms with van der Waals surface area (Å²) in [6, 6.07) is 3.19. The second-order valence-corrected chi connectivity index (χ2v) is 4.95. The van der Waals surface area contributed by atoms with E-state index in [2.05, 4.69) is 30.8 Å². The second kappa shape index (κ2) is 6.44. The van der Waals surface area contributed by atoms with E-state index in [0.717, 1.165) is 4.68 Å². The second-order valence-electron chi connectivity index (χ2n) is 4.95. The Hall–Kier alpha value is -3.30. The molecule has 0 aliphatic rings. The first-order valence-corrected chi connectivity index (χ1v) is 7.35. The number of hydrogen-bond acceptors (Lipinski definition) is 7. The summed E-state index contributed by atoms with van der Waals surface area (Å²) in [4.78, 5) is 32.3. The first-order valence-electron chi connectivity index (χ1n) is 7.35. The molecule has 0 bridgehead atoms. The maximum atomic E-state index is 12.5. The lowest BCUT2D eigenvalue weighted by Gasteiger charge is -2.08. The highest BCUT2D eigenvalue weighted by molar-refractivity contribution is 5.89. The van der Waals surface area contributed by atoms with E-state index >= 15 is 0 Å². The van der Waals surface area contributed by atoms with Gasteiger partial charge in [0, 0.05) is 25.7 Å². The monoisotopic (exact) mass is 328 g/mol. The number of hydrogen-bond donors (Lipinski definition) is 2. The Labute approximate surface area is 136 Å². The maximum Gasteiger partial charge on any atom is 0.293 e. The fraction of sp³-hybridized carbons (Fsp3) is 0.286. The van der Waals surface area contributed by atoms with Crippen LogP contribution < -0.4 is 16.2 Å². The maximum absolute atomic E-state index is 12.5. The van der Waals surface area contributed by atoms with E-state index in [1.807, 2.05) is 6.92 Å². The molecule has 3 rings (SSSR count). The highest BCUT2D eigenvalue weighted by Crippen LogP contribution is 2.08. The Morgan fingerprint density at radius 1 is 1.29 bits per heavy atom. The number of amides is 1. The Kier molecular flexibility index (Phi) is 4.18. The van der Waals surface area contributed by atoms with Crippen LogP contribution in [0.25, 0.3) is 5.52 Å². The van der Waals surface area contributed by atoms with Crippen LogP contribution in [0, 0.1) is 0 Å². The number of nitrogens with zero attached hydrogens (tertiary/aromatic N) is 6. The normalized spacial score (nSPS) is 10.8. The third kappa shape index (κ3) is 2.93. The lowest BCUT2D eigenvalue weighted by atomic mass is 10.4. The van der Waals surface area contributed by atoms with Gasteiger partial charge in [-0.25, -0.2) is 19.2 Å². The summed E-state index contributed by atoms with van der Waals surface area (Å²) in [6.45, 7) is 1.69. The van der Waals surface area contributed by atoms with Crippen LogP contribution in [0.5, 0.6) is 0 Å². The average molecular weight is 328 g/mol. The summed E-state index contributed by atoms with van der Waals surface area (Å²) in [5.41, 5.74) is -0.0277. The summed E-state index contributed by atoms with van der Waals surface area (Å²) in [5.74, 6) is 1.11. The topological polar surface area (TPSA) is 119 Å². The molecule has 0 saturated heterocycles. The van der Waals surface area contributed by atoms with E-state index in [4.69, 9.17) is 0 Å². The van der Waals surface area contributed by atoms with Gasteiger partial charge in [-0.05, 0) is 6.07 Å². The van der Waals surface area contributed by atoms with Crippen molar-refractivity contribution in [1.29, 1.82) is 0 Å². The molecule has 3 heterocycles. The molecule has 0 aromatic carbocycles. The summed E-state index contributed by atoms with van der Waals surface area (Å²) in [6.07, 6.45) is 3.40. The summed E-state index contributed by atoms with van der Waals surface area (Å²) < 4.78 is 2.62. The van der Waals surface area contributed by atoms with Gasteiger partial charge in [-0.1, -0.05) is 6.92 Å². The van der Waals surface area contributed by atoms with Gasteiger partial charge in [0.05, 0.1) is 0 Å². The molecule has 1 amide bonds. The lowest BCUT2D eigenvalue weighted by Crippen LogP contribution is -2.32. The van der Waals surface area contributed by atoms with E-state index < -0.39 is 5.91 Å². The van der Waals surface area contributed by atoms with E-state index in [-0.39, 0.29) is 12.1 Å². The minimum absolute atomic E-state index is 0.216. The molecular weight excluding hydrogens is 312 g/mol. The fourth-order valence-corrected chi connectivity index (χ4v) is 2.22. The van der Waals surface area contributed by atoms with Crippen LogP contribution in [0.2, 0.25) is 0 Å². The molecule has 0 atom stereocenters. The summed E-state index contributed by atoms with van der Waals surface area (Å²) in [7, 11) is 1.72. The van der Waals surface area contributed by atoms with Crippen molar-refractivity contribution in [3.63, 3.8) is 0 Å². The van der Waals surface area contributed by atoms with Gasteiger partial charge >= 0.3 is 0 Å². The van der Waals surface area contributed by atoms with Gasteiger partial charge in [0.2, 0.25) is 5.91 Å². The van der Waals surface area contributed by atoms with Gasteiger partial charge in [-0.3, -0.25) is 9.59 Å². The van der Waals surface area contributed by atoms with Crippen molar-refractivity contribution in [3.8, 4) is 0 Å². The molecule has 0 aliphatic carbocycles. The standard InChI is InChI=1S/C14H16N8O2/c1-3-12-20-21(7-13(23)18-10-4-5-16-8-17-10)14(24)9-6-11(15-2)19-22(9)12/h4-6,8H,3,7H2,1-2H3,(H,15,19)(H,16,17,18,23). The Morgan fingerprint density at radius 3 is 2.79 bits per heavy atom. The number of aromatic nitrogens is 6. The van der Waals surface area contributed by atoms with Crippen LogP contribution in [0.1, 0.15) is 12.7 Å². The van der Waals surface area contributed by atoms with E-state index in [9.17, 15) is 9.59 Å². The van der Waals surface area contributed by atoms with Crippen LogP contribution in [0.15, 0.2) is 29.5 Å². The van der Waals surface area contributed by atoms with Crippen LogP contribution >= 0.6 is 0 Å². The molecule has 3 aromatic rings. The molecule has 0 unspecified atom stereocenters. The zero-order chi connectivity index (χ0) is 17.1. The van der Waals surface area contributed by atoms with E-state index in [0.29, 0.717) is 29.4 Å². The first kappa shape index (κ1) is 15.6. The molecule has 24 heavy (non-hydrogen) atoms. The number of aryl methyl sites for hydroxylation is 1.